The smallest absolute Gasteiger partial charge is 0.319 e. The molecular formula is C18H22N4O2. The van der Waals surface area contributed by atoms with E-state index < -0.39 is 0 Å². The van der Waals surface area contributed by atoms with Crippen LogP contribution in [0.25, 0.3) is 0 Å². The largest absolute Gasteiger partial charge is 0.336 e. The van der Waals surface area contributed by atoms with Crippen LogP contribution < -0.4 is 16.2 Å². The van der Waals surface area contributed by atoms with Crippen molar-refractivity contribution in [3.05, 3.63) is 57.8 Å². The summed E-state index contributed by atoms with van der Waals surface area (Å²) in [6.45, 7) is 4.79. The van der Waals surface area contributed by atoms with Crippen molar-refractivity contribution in [2.45, 2.75) is 39.2 Å². The van der Waals surface area contributed by atoms with Gasteiger partial charge in [-0.15, -0.1) is 0 Å². The van der Waals surface area contributed by atoms with Crippen LogP contribution in [-0.2, 0) is 6.54 Å². The van der Waals surface area contributed by atoms with Gasteiger partial charge in [-0.05, 0) is 49.9 Å². The highest BCUT2D eigenvalue weighted by molar-refractivity contribution is 5.89. The highest BCUT2D eigenvalue weighted by Gasteiger charge is 2.25. The molecule has 1 aliphatic rings. The number of aromatic nitrogens is 2. The number of anilines is 1. The molecule has 0 bridgehead atoms. The lowest BCUT2D eigenvalue weighted by molar-refractivity contribution is 0.251. The zero-order valence-corrected chi connectivity index (χ0v) is 14.0. The van der Waals surface area contributed by atoms with Gasteiger partial charge in [-0.3, -0.25) is 9.36 Å². The quantitative estimate of drug-likeness (QED) is 0.886. The van der Waals surface area contributed by atoms with E-state index >= 15 is 0 Å². The summed E-state index contributed by atoms with van der Waals surface area (Å²) < 4.78 is 1.52. The second-order valence-corrected chi connectivity index (χ2v) is 6.30. The number of carbonyl (C=O) groups excluding carboxylic acids is 1. The number of carbonyl (C=O) groups is 1. The minimum Gasteiger partial charge on any atom is -0.336 e. The van der Waals surface area contributed by atoms with Gasteiger partial charge in [0.15, 0.2) is 0 Å². The third-order valence-corrected chi connectivity index (χ3v) is 4.30. The van der Waals surface area contributed by atoms with E-state index in [2.05, 4.69) is 15.6 Å². The van der Waals surface area contributed by atoms with Crippen molar-refractivity contribution >= 4 is 11.7 Å². The van der Waals surface area contributed by atoms with Crippen LogP contribution in [0.15, 0.2) is 35.4 Å². The first kappa shape index (κ1) is 16.2. The second kappa shape index (κ2) is 6.86. The normalized spacial score (nSPS) is 13.6. The fraction of sp³-hybridized carbons (Fsp3) is 0.389. The molecule has 0 saturated heterocycles. The fourth-order valence-electron chi connectivity index (χ4n) is 2.49. The van der Waals surface area contributed by atoms with E-state index in [1.807, 2.05) is 32.0 Å². The van der Waals surface area contributed by atoms with Crippen molar-refractivity contribution < 1.29 is 4.79 Å². The van der Waals surface area contributed by atoms with Crippen LogP contribution in [0.5, 0.6) is 0 Å². The van der Waals surface area contributed by atoms with Gasteiger partial charge in [-0.2, -0.15) is 0 Å². The lowest BCUT2D eigenvalue weighted by atomic mass is 10.1. The van der Waals surface area contributed by atoms with Gasteiger partial charge in [0.1, 0.15) is 0 Å². The van der Waals surface area contributed by atoms with Gasteiger partial charge in [0.05, 0.1) is 12.0 Å². The first-order valence-corrected chi connectivity index (χ1v) is 8.21. The van der Waals surface area contributed by atoms with Crippen molar-refractivity contribution in [1.29, 1.82) is 0 Å². The van der Waals surface area contributed by atoms with Gasteiger partial charge in [0.2, 0.25) is 0 Å². The van der Waals surface area contributed by atoms with Crippen molar-refractivity contribution in [2.75, 3.05) is 11.9 Å². The third-order valence-electron chi connectivity index (χ3n) is 4.30. The molecule has 2 aromatic rings. The predicted octanol–water partition coefficient (Wildman–Crippen LogP) is 2.56. The Labute approximate surface area is 140 Å². The molecule has 0 spiro atoms. The summed E-state index contributed by atoms with van der Waals surface area (Å²) in [6, 6.07) is 7.09. The van der Waals surface area contributed by atoms with Gasteiger partial charge in [0, 0.05) is 30.8 Å². The minimum absolute atomic E-state index is 0.0664. The van der Waals surface area contributed by atoms with E-state index in [4.69, 9.17) is 0 Å². The van der Waals surface area contributed by atoms with Crippen LogP contribution in [0.4, 0.5) is 10.5 Å². The number of hydrogen-bond donors (Lipinski definition) is 2. The highest BCUT2D eigenvalue weighted by atomic mass is 16.2. The molecule has 0 atom stereocenters. The number of benzene rings is 1. The van der Waals surface area contributed by atoms with Crippen LogP contribution in [0.2, 0.25) is 0 Å². The Balaban J connectivity index is 1.49. The number of hydrogen-bond acceptors (Lipinski definition) is 3. The van der Waals surface area contributed by atoms with Gasteiger partial charge < -0.3 is 10.6 Å². The van der Waals surface area contributed by atoms with Crippen molar-refractivity contribution in [3.8, 4) is 0 Å². The SMILES string of the molecule is Cc1ccc(NC(=O)NCCn2cnc(C3CC3)cc2=O)cc1C. The van der Waals surface area contributed by atoms with Crippen LogP contribution in [0.1, 0.15) is 35.6 Å². The molecule has 24 heavy (non-hydrogen) atoms. The molecule has 0 aliphatic heterocycles. The second-order valence-electron chi connectivity index (χ2n) is 6.30. The Morgan fingerprint density at radius 2 is 2.04 bits per heavy atom. The van der Waals surface area contributed by atoms with E-state index in [1.54, 1.807) is 12.4 Å². The highest BCUT2D eigenvalue weighted by Crippen LogP contribution is 2.38. The molecule has 1 aromatic carbocycles. The number of nitrogens with zero attached hydrogens (tertiary/aromatic N) is 2. The molecule has 1 aliphatic carbocycles. The Morgan fingerprint density at radius 3 is 2.71 bits per heavy atom. The Hall–Kier alpha value is -2.63. The average molecular weight is 326 g/mol. The number of aryl methyl sites for hydroxylation is 2. The summed E-state index contributed by atoms with van der Waals surface area (Å²) in [5, 5.41) is 5.54. The maximum absolute atomic E-state index is 12.0. The summed E-state index contributed by atoms with van der Waals surface area (Å²) in [4.78, 5) is 28.2. The van der Waals surface area contributed by atoms with Gasteiger partial charge >= 0.3 is 6.03 Å². The van der Waals surface area contributed by atoms with Gasteiger partial charge in [-0.25, -0.2) is 9.78 Å². The third kappa shape index (κ3) is 4.01. The first-order chi connectivity index (χ1) is 11.5. The van der Waals surface area contributed by atoms with Crippen LogP contribution in [-0.4, -0.2) is 22.1 Å². The first-order valence-electron chi connectivity index (χ1n) is 8.21. The molecule has 126 valence electrons. The van der Waals surface area contributed by atoms with Crippen LogP contribution in [0.3, 0.4) is 0 Å². The Kier molecular flexibility index (Phi) is 4.64. The van der Waals surface area contributed by atoms with Crippen molar-refractivity contribution in [2.24, 2.45) is 0 Å². The van der Waals surface area contributed by atoms with Crippen LogP contribution >= 0.6 is 0 Å². The topological polar surface area (TPSA) is 76.0 Å². The number of rotatable bonds is 5. The molecule has 6 heteroatoms. The lowest BCUT2D eigenvalue weighted by Crippen LogP contribution is -2.33. The molecular weight excluding hydrogens is 304 g/mol. The van der Waals surface area contributed by atoms with E-state index in [0.29, 0.717) is 19.0 Å². The zero-order chi connectivity index (χ0) is 17.1. The molecule has 1 saturated carbocycles. The summed E-state index contributed by atoms with van der Waals surface area (Å²) in [5.41, 5.74) is 3.88. The Morgan fingerprint density at radius 1 is 1.25 bits per heavy atom. The van der Waals surface area contributed by atoms with Gasteiger partial charge in [0.25, 0.3) is 5.56 Å². The summed E-state index contributed by atoms with van der Waals surface area (Å²) in [5.74, 6) is 0.467. The zero-order valence-electron chi connectivity index (χ0n) is 14.0. The summed E-state index contributed by atoms with van der Waals surface area (Å²) in [7, 11) is 0. The van der Waals surface area contributed by atoms with Crippen LogP contribution in [0, 0.1) is 13.8 Å². The monoisotopic (exact) mass is 326 g/mol. The fourth-order valence-corrected chi connectivity index (χ4v) is 2.49. The average Bonchev–Trinajstić information content (AvgIpc) is 3.37. The standard InChI is InChI=1S/C18H22N4O2/c1-12-3-6-15(9-13(12)2)21-18(24)19-7-8-22-11-20-16(10-17(22)23)14-4-5-14/h3,6,9-11,14H,4-5,7-8H2,1-2H3,(H2,19,21,24). The van der Waals surface area contributed by atoms with E-state index in [9.17, 15) is 9.59 Å². The van der Waals surface area contributed by atoms with E-state index in [0.717, 1.165) is 29.8 Å². The number of nitrogens with one attached hydrogen (secondary N) is 2. The summed E-state index contributed by atoms with van der Waals surface area (Å²) in [6.07, 6.45) is 3.81. The molecule has 2 amide bonds. The van der Waals surface area contributed by atoms with Gasteiger partial charge in [-0.1, -0.05) is 6.07 Å². The molecule has 0 radical (unpaired) electrons. The summed E-state index contributed by atoms with van der Waals surface area (Å²) >= 11 is 0. The van der Waals surface area contributed by atoms with Crippen molar-refractivity contribution in [3.63, 3.8) is 0 Å². The maximum Gasteiger partial charge on any atom is 0.319 e. The molecule has 0 unspecified atom stereocenters. The number of urea groups is 1. The predicted molar refractivity (Wildman–Crippen MR) is 93.4 cm³/mol. The molecule has 1 heterocycles. The lowest BCUT2D eigenvalue weighted by Gasteiger charge is -2.10. The molecule has 1 fully saturated rings. The van der Waals surface area contributed by atoms with Crippen molar-refractivity contribution in [1.82, 2.24) is 14.9 Å². The minimum atomic E-state index is -0.283. The molecule has 2 N–H and O–H groups in total. The maximum atomic E-state index is 12.0. The Bertz CT molecular complexity index is 809. The number of amides is 2. The van der Waals surface area contributed by atoms with E-state index in [-0.39, 0.29) is 11.6 Å². The molecule has 6 nitrogen and oxygen atoms in total. The van der Waals surface area contributed by atoms with E-state index in [1.165, 1.54) is 10.1 Å². The molecule has 1 aromatic heterocycles. The molecule has 3 rings (SSSR count).